The third kappa shape index (κ3) is 6.46. The van der Waals surface area contributed by atoms with E-state index < -0.39 is 0 Å². The molecular weight excluding hydrogens is 763 g/mol. The molecule has 0 aliphatic rings. The lowest BCUT2D eigenvalue weighted by atomic mass is 9.90. The van der Waals surface area contributed by atoms with Crippen molar-refractivity contribution in [3.05, 3.63) is 237 Å². The quantitative estimate of drug-likeness (QED) is 0.150. The van der Waals surface area contributed by atoms with Crippen LogP contribution < -0.4 is 0 Å². The first-order chi connectivity index (χ1) is 31.2. The van der Waals surface area contributed by atoms with Crippen LogP contribution in [0.15, 0.2) is 237 Å². The first kappa shape index (κ1) is 36.5. The number of aromatic nitrogens is 3. The van der Waals surface area contributed by atoms with E-state index in [-0.39, 0.29) is 0 Å². The Morgan fingerprint density at radius 3 is 1.43 bits per heavy atom. The molecule has 0 aliphatic heterocycles. The number of rotatable bonds is 7. The molecule has 3 heterocycles. The van der Waals surface area contributed by atoms with Crippen LogP contribution in [0.1, 0.15) is 0 Å². The zero-order valence-corrected chi connectivity index (χ0v) is 34.4. The van der Waals surface area contributed by atoms with Crippen molar-refractivity contribution in [1.29, 1.82) is 0 Å². The highest BCUT2D eigenvalue weighted by Gasteiger charge is 2.17. The molecule has 0 unspecified atom stereocenters. The molecule has 12 rings (SSSR count). The molecule has 294 valence electrons. The molecule has 0 amide bonds. The van der Waals surface area contributed by atoms with Crippen molar-refractivity contribution in [2.75, 3.05) is 0 Å². The van der Waals surface area contributed by atoms with Crippen LogP contribution in [-0.4, -0.2) is 14.5 Å². The van der Waals surface area contributed by atoms with Gasteiger partial charge in [0.1, 0.15) is 0 Å². The van der Waals surface area contributed by atoms with Crippen LogP contribution in [0, 0.1) is 0 Å². The van der Waals surface area contributed by atoms with Crippen LogP contribution in [0.25, 0.3) is 116 Å². The molecular formula is C60H39N3. The molecule has 0 saturated heterocycles. The SMILES string of the molecule is c1ccc(-c2cc(-c3cccc(-c4cccc5c4ccc4nc(-c6ccccc6)cc(-c6ccccc6)c45)c3)cc(-c3ccc(-n4c5ccccc5c5ccccc54)cc3)n2)cc1. The highest BCUT2D eigenvalue weighted by Crippen LogP contribution is 2.41. The van der Waals surface area contributed by atoms with Gasteiger partial charge in [0.2, 0.25) is 0 Å². The summed E-state index contributed by atoms with van der Waals surface area (Å²) >= 11 is 0. The Morgan fingerprint density at radius 1 is 0.270 bits per heavy atom. The number of benzene rings is 9. The first-order valence-electron chi connectivity index (χ1n) is 21.5. The average Bonchev–Trinajstić information content (AvgIpc) is 3.71. The molecule has 0 bridgehead atoms. The normalized spacial score (nSPS) is 11.5. The van der Waals surface area contributed by atoms with Crippen LogP contribution in [0.4, 0.5) is 0 Å². The van der Waals surface area contributed by atoms with E-state index in [0.29, 0.717) is 0 Å². The van der Waals surface area contributed by atoms with E-state index in [1.807, 2.05) is 0 Å². The lowest BCUT2D eigenvalue weighted by Gasteiger charge is -2.15. The van der Waals surface area contributed by atoms with Crippen molar-refractivity contribution in [2.45, 2.75) is 0 Å². The van der Waals surface area contributed by atoms with Crippen molar-refractivity contribution in [1.82, 2.24) is 14.5 Å². The molecule has 0 aliphatic carbocycles. The van der Waals surface area contributed by atoms with Gasteiger partial charge in [-0.15, -0.1) is 0 Å². The predicted octanol–water partition coefficient (Wildman–Crippen LogP) is 15.9. The molecule has 0 radical (unpaired) electrons. The number of pyridine rings is 2. The number of para-hydroxylation sites is 2. The Kier molecular flexibility index (Phi) is 8.83. The Morgan fingerprint density at radius 2 is 0.778 bits per heavy atom. The third-order valence-electron chi connectivity index (χ3n) is 12.4. The van der Waals surface area contributed by atoms with Gasteiger partial charge >= 0.3 is 0 Å². The van der Waals surface area contributed by atoms with Gasteiger partial charge in [-0.05, 0) is 98.8 Å². The van der Waals surface area contributed by atoms with E-state index in [1.54, 1.807) is 0 Å². The van der Waals surface area contributed by atoms with Gasteiger partial charge in [0, 0.05) is 38.5 Å². The van der Waals surface area contributed by atoms with E-state index in [2.05, 4.69) is 241 Å². The summed E-state index contributed by atoms with van der Waals surface area (Å²) in [6, 6.07) is 84.6. The van der Waals surface area contributed by atoms with Crippen molar-refractivity contribution in [3.8, 4) is 72.8 Å². The van der Waals surface area contributed by atoms with Crippen LogP contribution in [-0.2, 0) is 0 Å². The molecule has 12 aromatic rings. The van der Waals surface area contributed by atoms with Crippen LogP contribution in [0.2, 0.25) is 0 Å². The predicted molar refractivity (Wildman–Crippen MR) is 264 cm³/mol. The van der Waals surface area contributed by atoms with Crippen LogP contribution in [0.5, 0.6) is 0 Å². The second-order valence-corrected chi connectivity index (χ2v) is 16.1. The van der Waals surface area contributed by atoms with E-state index in [4.69, 9.17) is 9.97 Å². The highest BCUT2D eigenvalue weighted by atomic mass is 15.0. The smallest absolute Gasteiger partial charge is 0.0722 e. The standard InChI is InChI=1S/C60H39N3/c1-4-16-40(17-5-1)53-39-57(42-20-8-3-9-21-42)61-54-35-34-49-48(26-15-27-52(49)60(53)54)45-23-14-22-44(36-45)46-37-55(41-18-6-2-7-19-41)62-56(38-46)43-30-32-47(33-31-43)63-58-28-12-10-24-50(58)51-25-11-13-29-59(51)63/h1-39H. The minimum Gasteiger partial charge on any atom is -0.309 e. The Hall–Kier alpha value is -8.40. The lowest BCUT2D eigenvalue weighted by molar-refractivity contribution is 1.18. The number of hydrogen-bond acceptors (Lipinski definition) is 2. The summed E-state index contributed by atoms with van der Waals surface area (Å²) in [6.45, 7) is 0. The Bertz CT molecular complexity index is 3590. The van der Waals surface area contributed by atoms with E-state index in [0.717, 1.165) is 67.1 Å². The summed E-state index contributed by atoms with van der Waals surface area (Å²) in [5, 5.41) is 6.04. The van der Waals surface area contributed by atoms with Gasteiger partial charge in [0.15, 0.2) is 0 Å². The molecule has 63 heavy (non-hydrogen) atoms. The summed E-state index contributed by atoms with van der Waals surface area (Å²) in [4.78, 5) is 10.5. The van der Waals surface area contributed by atoms with Gasteiger partial charge in [0.05, 0.1) is 33.6 Å². The first-order valence-corrected chi connectivity index (χ1v) is 21.5. The summed E-state index contributed by atoms with van der Waals surface area (Å²) in [7, 11) is 0. The van der Waals surface area contributed by atoms with Gasteiger partial charge < -0.3 is 4.57 Å². The van der Waals surface area contributed by atoms with Crippen molar-refractivity contribution < 1.29 is 0 Å². The van der Waals surface area contributed by atoms with Gasteiger partial charge in [-0.25, -0.2) is 9.97 Å². The molecule has 0 N–H and O–H groups in total. The van der Waals surface area contributed by atoms with Gasteiger partial charge in [0.25, 0.3) is 0 Å². The fourth-order valence-electron chi connectivity index (χ4n) is 9.40. The van der Waals surface area contributed by atoms with Gasteiger partial charge in [-0.3, -0.25) is 0 Å². The maximum Gasteiger partial charge on any atom is 0.0722 e. The second-order valence-electron chi connectivity index (χ2n) is 16.1. The minimum atomic E-state index is 0.929. The monoisotopic (exact) mass is 801 g/mol. The summed E-state index contributed by atoms with van der Waals surface area (Å²) in [6.07, 6.45) is 0. The zero-order valence-electron chi connectivity index (χ0n) is 34.4. The molecule has 3 heteroatoms. The number of hydrogen-bond donors (Lipinski definition) is 0. The third-order valence-corrected chi connectivity index (χ3v) is 12.4. The van der Waals surface area contributed by atoms with Crippen LogP contribution >= 0.6 is 0 Å². The lowest BCUT2D eigenvalue weighted by Crippen LogP contribution is -1.95. The van der Waals surface area contributed by atoms with E-state index in [1.165, 1.54) is 49.3 Å². The summed E-state index contributed by atoms with van der Waals surface area (Å²) in [5.41, 5.74) is 17.5. The molecule has 9 aromatic carbocycles. The number of nitrogens with zero attached hydrogens (tertiary/aromatic N) is 3. The average molecular weight is 802 g/mol. The molecule has 0 fully saturated rings. The fourth-order valence-corrected chi connectivity index (χ4v) is 9.40. The van der Waals surface area contributed by atoms with Crippen molar-refractivity contribution in [2.24, 2.45) is 0 Å². The topological polar surface area (TPSA) is 30.7 Å². The van der Waals surface area contributed by atoms with Crippen LogP contribution in [0.3, 0.4) is 0 Å². The molecule has 3 aromatic heterocycles. The van der Waals surface area contributed by atoms with E-state index in [9.17, 15) is 0 Å². The van der Waals surface area contributed by atoms with E-state index >= 15 is 0 Å². The molecule has 0 saturated carbocycles. The second kappa shape index (κ2) is 15.3. The Labute approximate surface area is 365 Å². The zero-order chi connectivity index (χ0) is 41.7. The minimum absolute atomic E-state index is 0.929. The van der Waals surface area contributed by atoms with Crippen molar-refractivity contribution in [3.63, 3.8) is 0 Å². The summed E-state index contributed by atoms with van der Waals surface area (Å²) < 4.78 is 2.36. The molecule has 0 spiro atoms. The maximum atomic E-state index is 5.29. The largest absolute Gasteiger partial charge is 0.309 e. The number of fused-ring (bicyclic) bond motifs is 6. The Balaban J connectivity index is 0.976. The molecule has 3 nitrogen and oxygen atoms in total. The summed E-state index contributed by atoms with van der Waals surface area (Å²) in [5.74, 6) is 0. The van der Waals surface area contributed by atoms with Crippen molar-refractivity contribution >= 4 is 43.5 Å². The van der Waals surface area contributed by atoms with Gasteiger partial charge in [-0.2, -0.15) is 0 Å². The fraction of sp³-hybridized carbons (Fsp3) is 0. The highest BCUT2D eigenvalue weighted by molar-refractivity contribution is 6.17. The molecule has 0 atom stereocenters. The van der Waals surface area contributed by atoms with Gasteiger partial charge in [-0.1, -0.05) is 182 Å². The maximum absolute atomic E-state index is 5.29.